The lowest BCUT2D eigenvalue weighted by Crippen LogP contribution is -2.22. The molecule has 0 saturated carbocycles. The lowest BCUT2D eigenvalue weighted by Gasteiger charge is -2.13. The van der Waals surface area contributed by atoms with Crippen molar-refractivity contribution < 1.29 is 15.0 Å². The van der Waals surface area contributed by atoms with Crippen molar-refractivity contribution in [1.82, 2.24) is 0 Å². The summed E-state index contributed by atoms with van der Waals surface area (Å²) < 4.78 is 5.36. The maximum atomic E-state index is 11.0. The minimum atomic E-state index is -0.230. The van der Waals surface area contributed by atoms with E-state index < -0.39 is 0 Å². The van der Waals surface area contributed by atoms with Crippen LogP contribution in [0.15, 0.2) is 12.2 Å². The van der Waals surface area contributed by atoms with Crippen LogP contribution in [0.4, 0.5) is 0 Å². The molecule has 92 valence electrons. The highest BCUT2D eigenvalue weighted by Gasteiger charge is 2.12. The second-order valence-corrected chi connectivity index (χ2v) is 3.16. The van der Waals surface area contributed by atoms with E-state index in [1.165, 1.54) is 0 Å². The molecule has 2 N–H and O–H groups in total. The Morgan fingerprint density at radius 2 is 1.80 bits per heavy atom. The van der Waals surface area contributed by atoms with Gasteiger partial charge >= 0.3 is 0 Å². The Morgan fingerprint density at radius 1 is 1.33 bits per heavy atom. The van der Waals surface area contributed by atoms with Gasteiger partial charge in [-0.3, -0.25) is 4.79 Å². The summed E-state index contributed by atoms with van der Waals surface area (Å²) in [6.07, 6.45) is 1.55. The van der Waals surface area contributed by atoms with Crippen LogP contribution in [0.2, 0.25) is 0 Å². The predicted octanol–water partition coefficient (Wildman–Crippen LogP) is 2.54. The minimum Gasteiger partial charge on any atom is -0.412 e. The fraction of sp³-hybridized carbons (Fsp3) is 0.750. The monoisotopic (exact) mass is 218 g/mol. The first-order valence-electron chi connectivity index (χ1n) is 5.34. The summed E-state index contributed by atoms with van der Waals surface area (Å²) >= 11 is 0. The molecule has 15 heavy (non-hydrogen) atoms. The van der Waals surface area contributed by atoms with Crippen LogP contribution in [0.3, 0.4) is 0 Å². The van der Waals surface area contributed by atoms with Crippen molar-refractivity contribution in [2.24, 2.45) is 0 Å². The Labute approximate surface area is 93.8 Å². The maximum absolute atomic E-state index is 11.0. The van der Waals surface area contributed by atoms with Gasteiger partial charge in [0.2, 0.25) is 0 Å². The molecule has 0 amide bonds. The summed E-state index contributed by atoms with van der Waals surface area (Å²) in [6.45, 7) is 13.7. The number of carbonyl (C=O) groups excluding carboxylic acids is 1. The molecule has 0 spiro atoms. The molecular formula is C12H26O3. The molecule has 1 unspecified atom stereocenters. The molecule has 0 radical (unpaired) electrons. The zero-order chi connectivity index (χ0) is 11.6. The minimum absolute atomic E-state index is 0. The fourth-order valence-electron chi connectivity index (χ4n) is 0.909. The molecule has 0 bridgehead atoms. The van der Waals surface area contributed by atoms with E-state index in [0.717, 1.165) is 18.4 Å². The molecule has 0 fully saturated rings. The van der Waals surface area contributed by atoms with Crippen molar-refractivity contribution in [2.75, 3.05) is 6.61 Å². The number of carbonyl (C=O) groups is 1. The quantitative estimate of drug-likeness (QED) is 0.643. The lowest BCUT2D eigenvalue weighted by molar-refractivity contribution is -0.128. The number of rotatable bonds is 6. The molecule has 0 saturated heterocycles. The van der Waals surface area contributed by atoms with Gasteiger partial charge in [0, 0.05) is 0 Å². The zero-order valence-corrected chi connectivity index (χ0v) is 10.7. The maximum Gasteiger partial charge on any atom is 0.158 e. The molecule has 3 nitrogen and oxygen atoms in total. The average Bonchev–Trinajstić information content (AvgIpc) is 2.14. The van der Waals surface area contributed by atoms with E-state index >= 15 is 0 Å². The number of hydrogen-bond donors (Lipinski definition) is 0. The Balaban J connectivity index is -0.000000449. The molecule has 0 aliphatic rings. The van der Waals surface area contributed by atoms with Crippen molar-refractivity contribution in [1.29, 1.82) is 0 Å². The van der Waals surface area contributed by atoms with Gasteiger partial charge in [-0.25, -0.2) is 0 Å². The van der Waals surface area contributed by atoms with Crippen LogP contribution in [0.1, 0.15) is 47.5 Å². The topological polar surface area (TPSA) is 57.8 Å². The fourth-order valence-corrected chi connectivity index (χ4v) is 0.909. The molecule has 0 aromatic carbocycles. The van der Waals surface area contributed by atoms with E-state index in [0.29, 0.717) is 6.61 Å². The molecule has 0 heterocycles. The third kappa shape index (κ3) is 13.3. The normalized spacial score (nSPS) is 10.5. The summed E-state index contributed by atoms with van der Waals surface area (Å²) in [4.78, 5) is 11.0. The molecule has 0 aromatic heterocycles. The Morgan fingerprint density at radius 3 is 2.07 bits per heavy atom. The van der Waals surface area contributed by atoms with Crippen LogP contribution >= 0.6 is 0 Å². The van der Waals surface area contributed by atoms with Gasteiger partial charge < -0.3 is 10.2 Å². The first kappa shape index (κ1) is 19.8. The second-order valence-electron chi connectivity index (χ2n) is 3.16. The van der Waals surface area contributed by atoms with Gasteiger partial charge in [-0.1, -0.05) is 39.3 Å². The van der Waals surface area contributed by atoms with Crippen molar-refractivity contribution in [3.63, 3.8) is 0 Å². The summed E-state index contributed by atoms with van der Waals surface area (Å²) in [5.74, 6) is 0.109. The molecule has 0 rings (SSSR count). The zero-order valence-electron chi connectivity index (χ0n) is 10.7. The van der Waals surface area contributed by atoms with Gasteiger partial charge in [0.25, 0.3) is 0 Å². The molecule has 0 aromatic rings. The number of hydrogen-bond acceptors (Lipinski definition) is 2. The summed E-state index contributed by atoms with van der Waals surface area (Å²) in [7, 11) is 0. The van der Waals surface area contributed by atoms with Crippen molar-refractivity contribution in [2.45, 2.75) is 53.6 Å². The number of ketones is 1. The highest BCUT2D eigenvalue weighted by Crippen LogP contribution is 2.04. The predicted molar refractivity (Wildman–Crippen MR) is 65.1 cm³/mol. The smallest absolute Gasteiger partial charge is 0.158 e. The molecular weight excluding hydrogens is 192 g/mol. The van der Waals surface area contributed by atoms with Crippen LogP contribution in [-0.4, -0.2) is 24.0 Å². The van der Waals surface area contributed by atoms with E-state index in [9.17, 15) is 4.79 Å². The van der Waals surface area contributed by atoms with Crippen molar-refractivity contribution >= 4 is 5.78 Å². The van der Waals surface area contributed by atoms with Crippen LogP contribution < -0.4 is 0 Å². The van der Waals surface area contributed by atoms with Crippen LogP contribution in [0.25, 0.3) is 0 Å². The Bertz CT molecular complexity index is 164. The second kappa shape index (κ2) is 13.3. The van der Waals surface area contributed by atoms with Crippen molar-refractivity contribution in [3.8, 4) is 0 Å². The first-order chi connectivity index (χ1) is 6.57. The van der Waals surface area contributed by atoms with Gasteiger partial charge in [0.1, 0.15) is 6.10 Å². The highest BCUT2D eigenvalue weighted by molar-refractivity contribution is 5.80. The molecule has 1 atom stereocenters. The third-order valence-electron chi connectivity index (χ3n) is 1.54. The number of ether oxygens (including phenoxy) is 1. The summed E-state index contributed by atoms with van der Waals surface area (Å²) in [6, 6.07) is 0. The van der Waals surface area contributed by atoms with Gasteiger partial charge in [-0.05, 0) is 20.3 Å². The van der Waals surface area contributed by atoms with Gasteiger partial charge in [-0.15, -0.1) is 0 Å². The summed E-state index contributed by atoms with van der Waals surface area (Å²) in [5, 5.41) is 0. The van der Waals surface area contributed by atoms with Gasteiger partial charge in [0.05, 0.1) is 6.61 Å². The van der Waals surface area contributed by atoms with Crippen LogP contribution in [-0.2, 0) is 9.53 Å². The Hall–Kier alpha value is -0.670. The highest BCUT2D eigenvalue weighted by atomic mass is 16.5. The molecule has 3 heteroatoms. The summed E-state index contributed by atoms with van der Waals surface area (Å²) in [5.41, 5.74) is 0.956. The molecule has 0 aliphatic carbocycles. The standard InChI is InChI=1S/C10H18O2.C2H6.H2O/c1-5-6-10(9(4)11)12-7-8(2)3;1-2;/h10H,2,5-7H2,1,3-4H3;1-2H3;1H2. The van der Waals surface area contributed by atoms with Crippen LogP contribution in [0, 0.1) is 0 Å². The van der Waals surface area contributed by atoms with E-state index in [4.69, 9.17) is 4.74 Å². The van der Waals surface area contributed by atoms with Gasteiger partial charge in [-0.2, -0.15) is 0 Å². The average molecular weight is 218 g/mol. The van der Waals surface area contributed by atoms with E-state index in [1.807, 2.05) is 27.7 Å². The largest absolute Gasteiger partial charge is 0.412 e. The van der Waals surface area contributed by atoms with Crippen molar-refractivity contribution in [3.05, 3.63) is 12.2 Å². The lowest BCUT2D eigenvalue weighted by atomic mass is 10.1. The van der Waals surface area contributed by atoms with Gasteiger partial charge in [0.15, 0.2) is 5.78 Å². The third-order valence-corrected chi connectivity index (χ3v) is 1.54. The first-order valence-corrected chi connectivity index (χ1v) is 5.34. The van der Waals surface area contributed by atoms with E-state index in [1.54, 1.807) is 6.92 Å². The van der Waals surface area contributed by atoms with Crippen LogP contribution in [0.5, 0.6) is 0 Å². The number of Topliss-reactive ketones (excluding diaryl/α,β-unsaturated/α-hetero) is 1. The molecule has 0 aliphatic heterocycles. The SMILES string of the molecule is C=C(C)COC(CCC)C(C)=O.CC.O. The Kier molecular flexibility index (Phi) is 17.6. The van der Waals surface area contributed by atoms with E-state index in [-0.39, 0.29) is 17.4 Å². The van der Waals surface area contributed by atoms with E-state index in [2.05, 4.69) is 6.58 Å².